The molecule has 0 aliphatic rings. The molecule has 160 valence electrons. The van der Waals surface area contributed by atoms with E-state index in [1.165, 1.54) is 0 Å². The van der Waals surface area contributed by atoms with Crippen LogP contribution in [0.5, 0.6) is 0 Å². The quantitative estimate of drug-likeness (QED) is 0.229. The maximum absolute atomic E-state index is 13.1. The highest BCUT2D eigenvalue weighted by Gasteiger charge is 2.28. The topological polar surface area (TPSA) is 51.8 Å². The lowest BCUT2D eigenvalue weighted by molar-refractivity contribution is 0.0527. The van der Waals surface area contributed by atoms with E-state index in [2.05, 4.69) is 4.99 Å². The second-order valence-electron chi connectivity index (χ2n) is 7.25. The van der Waals surface area contributed by atoms with Crippen LogP contribution < -0.4 is 0 Å². The summed E-state index contributed by atoms with van der Waals surface area (Å²) in [6.45, 7) is 4.06. The van der Waals surface area contributed by atoms with Crippen molar-refractivity contribution in [2.24, 2.45) is 4.99 Å². The summed E-state index contributed by atoms with van der Waals surface area (Å²) in [6.07, 6.45) is 1.72. The molecule has 3 aromatic carbocycles. The number of nitrogens with zero attached hydrogens (tertiary/aromatic N) is 1. The Morgan fingerprint density at radius 3 is 2.31 bits per heavy atom. The molecule has 0 aliphatic carbocycles. The molecule has 0 radical (unpaired) electrons. The number of benzene rings is 3. The predicted octanol–water partition coefficient (Wildman–Crippen LogP) is 7.50. The fourth-order valence-electron chi connectivity index (χ4n) is 3.37. The van der Waals surface area contributed by atoms with Gasteiger partial charge in [-0.1, -0.05) is 83.9 Å². The van der Waals surface area contributed by atoms with Crippen LogP contribution >= 0.6 is 11.6 Å². The molecule has 0 saturated carbocycles. The summed E-state index contributed by atoms with van der Waals surface area (Å²) in [5.74, 6) is 0.289. The van der Waals surface area contributed by atoms with Crippen LogP contribution in [0.3, 0.4) is 0 Å². The van der Waals surface area contributed by atoms with E-state index in [1.54, 1.807) is 25.3 Å². The summed E-state index contributed by atoms with van der Waals surface area (Å²) < 4.78 is 11.6. The van der Waals surface area contributed by atoms with E-state index >= 15 is 0 Å². The second-order valence-corrected chi connectivity index (χ2v) is 7.69. The Balaban J connectivity index is 1.93. The molecule has 1 heterocycles. The minimum Gasteiger partial charge on any atom is -0.462 e. The van der Waals surface area contributed by atoms with Crippen molar-refractivity contribution < 1.29 is 13.9 Å². The molecule has 32 heavy (non-hydrogen) atoms. The van der Waals surface area contributed by atoms with Gasteiger partial charge in [0.15, 0.2) is 5.76 Å². The predicted molar refractivity (Wildman–Crippen MR) is 129 cm³/mol. The van der Waals surface area contributed by atoms with Crippen molar-refractivity contribution in [1.82, 2.24) is 0 Å². The fourth-order valence-corrected chi connectivity index (χ4v) is 3.50. The van der Waals surface area contributed by atoms with Crippen molar-refractivity contribution in [2.75, 3.05) is 6.61 Å². The van der Waals surface area contributed by atoms with E-state index in [1.807, 2.05) is 73.7 Å². The fraction of sp³-hybridized carbons (Fsp3) is 0.111. The highest BCUT2D eigenvalue weighted by atomic mass is 35.5. The Kier molecular flexibility index (Phi) is 6.52. The average molecular weight is 444 g/mol. The molecule has 0 bridgehead atoms. The molecular formula is C27H22ClNO3. The van der Waals surface area contributed by atoms with Crippen LogP contribution in [0.4, 0.5) is 5.88 Å². The van der Waals surface area contributed by atoms with E-state index in [9.17, 15) is 4.79 Å². The van der Waals surface area contributed by atoms with Crippen molar-refractivity contribution in [1.29, 1.82) is 0 Å². The zero-order valence-corrected chi connectivity index (χ0v) is 18.6. The summed E-state index contributed by atoms with van der Waals surface area (Å²) >= 11 is 6.10. The van der Waals surface area contributed by atoms with Gasteiger partial charge in [-0.3, -0.25) is 0 Å². The van der Waals surface area contributed by atoms with Gasteiger partial charge in [0, 0.05) is 16.8 Å². The van der Waals surface area contributed by atoms with Crippen molar-refractivity contribution in [3.63, 3.8) is 0 Å². The first-order valence-electron chi connectivity index (χ1n) is 10.3. The second kappa shape index (κ2) is 9.67. The highest BCUT2D eigenvalue weighted by Crippen LogP contribution is 2.43. The zero-order chi connectivity index (χ0) is 22.5. The number of aryl methyl sites for hydroxylation is 1. The van der Waals surface area contributed by atoms with Crippen LogP contribution in [0, 0.1) is 6.92 Å². The van der Waals surface area contributed by atoms with Gasteiger partial charge in [-0.15, -0.1) is 0 Å². The van der Waals surface area contributed by atoms with Crippen LogP contribution in [0.15, 0.2) is 88.3 Å². The third-order valence-corrected chi connectivity index (χ3v) is 5.20. The number of furan rings is 1. The first-order chi connectivity index (χ1) is 15.6. The Morgan fingerprint density at radius 1 is 0.969 bits per heavy atom. The van der Waals surface area contributed by atoms with Gasteiger partial charge in [-0.2, -0.15) is 0 Å². The molecule has 0 fully saturated rings. The summed E-state index contributed by atoms with van der Waals surface area (Å²) in [5.41, 5.74) is 4.53. The molecular weight excluding hydrogens is 422 g/mol. The maximum atomic E-state index is 13.1. The van der Waals surface area contributed by atoms with E-state index in [4.69, 9.17) is 20.8 Å². The molecule has 0 amide bonds. The molecule has 0 atom stereocenters. The smallest absolute Gasteiger partial charge is 0.342 e. The third-order valence-electron chi connectivity index (χ3n) is 4.95. The Hall–Kier alpha value is -3.63. The standard InChI is InChI=1S/C27H22ClNO3/c1-3-31-27(30)24-23(20-13-15-22(28)16-14-20)26(29-17-19-11-9-18(2)10-12-19)32-25(24)21-7-5-4-6-8-21/h4-17H,3H2,1-2H3/b29-17+. The summed E-state index contributed by atoms with van der Waals surface area (Å²) in [5, 5.41) is 0.600. The van der Waals surface area contributed by atoms with Crippen LogP contribution in [0.25, 0.3) is 22.5 Å². The van der Waals surface area contributed by atoms with Crippen molar-refractivity contribution >= 4 is 29.7 Å². The molecule has 4 aromatic rings. The summed E-state index contributed by atoms with van der Waals surface area (Å²) in [7, 11) is 0. The van der Waals surface area contributed by atoms with E-state index < -0.39 is 5.97 Å². The summed E-state index contributed by atoms with van der Waals surface area (Å²) in [6, 6.07) is 24.7. The first-order valence-corrected chi connectivity index (χ1v) is 10.7. The lowest BCUT2D eigenvalue weighted by atomic mass is 9.99. The van der Waals surface area contributed by atoms with Crippen LogP contribution in [-0.4, -0.2) is 18.8 Å². The molecule has 1 aromatic heterocycles. The lowest BCUT2D eigenvalue weighted by Gasteiger charge is -2.06. The number of hydrogen-bond acceptors (Lipinski definition) is 4. The molecule has 0 aliphatic heterocycles. The minimum absolute atomic E-state index is 0.250. The molecule has 4 rings (SSSR count). The van der Waals surface area contributed by atoms with E-state index in [0.717, 1.165) is 22.3 Å². The Labute approximate surface area is 192 Å². The number of esters is 1. The maximum Gasteiger partial charge on any atom is 0.342 e. The normalized spacial score (nSPS) is 11.1. The largest absolute Gasteiger partial charge is 0.462 e. The Morgan fingerprint density at radius 2 is 1.66 bits per heavy atom. The molecule has 0 spiro atoms. The van der Waals surface area contributed by atoms with Gasteiger partial charge >= 0.3 is 5.97 Å². The van der Waals surface area contributed by atoms with E-state index in [-0.39, 0.29) is 6.61 Å². The number of hydrogen-bond donors (Lipinski definition) is 0. The number of ether oxygens (including phenoxy) is 1. The van der Waals surface area contributed by atoms with Gasteiger partial charge in [0.05, 0.1) is 12.2 Å². The van der Waals surface area contributed by atoms with Gasteiger partial charge < -0.3 is 9.15 Å². The van der Waals surface area contributed by atoms with Gasteiger partial charge in [-0.25, -0.2) is 9.79 Å². The third kappa shape index (κ3) is 4.66. The minimum atomic E-state index is -0.461. The molecule has 5 heteroatoms. The monoisotopic (exact) mass is 443 g/mol. The number of rotatable bonds is 6. The van der Waals surface area contributed by atoms with Crippen molar-refractivity contribution in [3.05, 3.63) is 101 Å². The van der Waals surface area contributed by atoms with Crippen LogP contribution in [-0.2, 0) is 4.74 Å². The summed E-state index contributed by atoms with van der Waals surface area (Å²) in [4.78, 5) is 17.7. The lowest BCUT2D eigenvalue weighted by Crippen LogP contribution is -2.06. The van der Waals surface area contributed by atoms with Gasteiger partial charge in [0.2, 0.25) is 5.88 Å². The van der Waals surface area contributed by atoms with Crippen molar-refractivity contribution in [2.45, 2.75) is 13.8 Å². The van der Waals surface area contributed by atoms with Crippen LogP contribution in [0.1, 0.15) is 28.4 Å². The molecule has 4 nitrogen and oxygen atoms in total. The number of carbonyl (C=O) groups excluding carboxylic acids is 1. The van der Waals surface area contributed by atoms with Gasteiger partial charge in [0.25, 0.3) is 0 Å². The average Bonchev–Trinajstić information content (AvgIpc) is 3.20. The highest BCUT2D eigenvalue weighted by molar-refractivity contribution is 6.30. The SMILES string of the molecule is CCOC(=O)c1c(-c2ccccc2)oc(/N=C/c2ccc(C)cc2)c1-c1ccc(Cl)cc1. The molecule has 0 N–H and O–H groups in total. The Bertz CT molecular complexity index is 1240. The molecule has 0 unspecified atom stereocenters. The van der Waals surface area contributed by atoms with Gasteiger partial charge in [0.1, 0.15) is 5.56 Å². The van der Waals surface area contributed by atoms with Crippen molar-refractivity contribution in [3.8, 4) is 22.5 Å². The first kappa shape index (κ1) is 21.6. The zero-order valence-electron chi connectivity index (χ0n) is 17.8. The number of halogens is 1. The number of aliphatic imine (C=N–C) groups is 1. The van der Waals surface area contributed by atoms with E-state index in [0.29, 0.717) is 27.8 Å². The van der Waals surface area contributed by atoms with Crippen LogP contribution in [0.2, 0.25) is 5.02 Å². The number of carbonyl (C=O) groups is 1. The molecule has 0 saturated heterocycles. The van der Waals surface area contributed by atoms with Gasteiger partial charge in [-0.05, 0) is 37.1 Å².